The van der Waals surface area contributed by atoms with Gasteiger partial charge in [-0.25, -0.2) is 0 Å². The molecule has 0 aromatic heterocycles. The van der Waals surface area contributed by atoms with E-state index in [1.165, 1.54) is 31.4 Å². The van der Waals surface area contributed by atoms with E-state index >= 15 is 0 Å². The minimum Gasteiger partial charge on any atom is -0.481 e. The van der Waals surface area contributed by atoms with Crippen LogP contribution in [-0.2, 0) is 60.8 Å². The number of benzene rings is 2. The average molecular weight is 973 g/mol. The molecule has 17 nitrogen and oxygen atoms in total. The summed E-state index contributed by atoms with van der Waals surface area (Å²) < 4.78 is 142. The van der Waals surface area contributed by atoms with Gasteiger partial charge in [0.05, 0.1) is 33.3 Å². The number of ether oxygens (including phenoxy) is 1. The Bertz CT molecular complexity index is 2510. The Labute approximate surface area is 431 Å². The zero-order chi connectivity index (χ0) is 44.0. The Hall–Kier alpha value is -0.800. The summed E-state index contributed by atoms with van der Waals surface area (Å²) in [5.74, 6) is -2.04. The van der Waals surface area contributed by atoms with Crippen molar-refractivity contribution in [2.45, 2.75) is 85.8 Å². The largest absolute Gasteiger partial charge is 1.00 e. The molecule has 2 heterocycles. The summed E-state index contributed by atoms with van der Waals surface area (Å²) in [6.07, 6.45) is 10.4. The van der Waals surface area contributed by atoms with E-state index in [1.807, 2.05) is 9.48 Å². The molecular weight excluding hydrogens is 922 g/mol. The van der Waals surface area contributed by atoms with Gasteiger partial charge in [-0.05, 0) is 94.3 Å². The Morgan fingerprint density at radius 3 is 1.81 bits per heavy atom. The molecule has 2 atom stereocenters. The summed E-state index contributed by atoms with van der Waals surface area (Å²) in [6.45, 7) is 4.52. The van der Waals surface area contributed by atoms with Crippen LogP contribution < -0.4 is 93.6 Å². The third-order valence-corrected chi connectivity index (χ3v) is 14.0. The Kier molecular flexibility index (Phi) is 23.2. The third kappa shape index (κ3) is 15.6. The van der Waals surface area contributed by atoms with E-state index in [1.54, 1.807) is 56.4 Å². The topological polar surface area (TPSA) is 270 Å². The first kappa shape index (κ1) is 59.2. The standard InChI is InChI=1S/C38H50N2O15S4.3Na/c1-37(19-10-24-56(43,44)45)30-26-28(58(49,50)51)15-17-32(30)39(21-9-5-8-14-36(41)42)34(37)12-6-4-7-13-35-38(2,20-11-25-57(46,47)48)31-27-29(59(52,53)54)16-18-33(31)40(35)22-23-55-3;;;/h4,6-7,12-13,15-18,26-27H,5,8-11,14,19-25H2,1-3H3,(H4-,41,42,43,44,45,46,47,48,49,50,51,52,53,54);;;/q;3*+1/p+1. The molecule has 0 bridgehead atoms. The number of nitrogens with zero attached hydrogens (tertiary/aromatic N) is 2. The number of unbranched alkanes of at least 4 members (excludes halogenated alkanes) is 2. The van der Waals surface area contributed by atoms with Crippen molar-refractivity contribution in [3.63, 3.8) is 0 Å². The summed E-state index contributed by atoms with van der Waals surface area (Å²) in [7, 11) is -16.4. The number of methoxy groups -OCH3 is 1. The zero-order valence-corrected chi connectivity index (χ0v) is 45.2. The van der Waals surface area contributed by atoms with Crippen LogP contribution in [0.25, 0.3) is 0 Å². The van der Waals surface area contributed by atoms with E-state index in [2.05, 4.69) is 0 Å². The molecule has 5 N–H and O–H groups in total. The SMILES string of the molecule is COCCN1C(=CC=CC=CC2=[N+](CCCCCC(=O)O)c3ccc(S(=O)(=O)O)cc3C2(C)CCCS(=O)(=O)O)C(C)(CCCS(=O)(=O)O)c2cc(S(=O)(=O)O)ccc21.[Na+].[Na+].[Na+]. The molecule has 326 valence electrons. The normalized spacial score (nSPS) is 19.7. The number of carboxylic acids is 1. The fourth-order valence-corrected chi connectivity index (χ4v) is 9.90. The van der Waals surface area contributed by atoms with Crippen LogP contribution in [0.1, 0.15) is 76.3 Å². The molecule has 24 heteroatoms. The number of allylic oxidation sites excluding steroid dienone is 6. The van der Waals surface area contributed by atoms with Gasteiger partial charge < -0.3 is 14.7 Å². The van der Waals surface area contributed by atoms with Crippen LogP contribution in [0, 0.1) is 0 Å². The van der Waals surface area contributed by atoms with Gasteiger partial charge >= 0.3 is 94.6 Å². The molecule has 62 heavy (non-hydrogen) atoms. The van der Waals surface area contributed by atoms with Crippen LogP contribution in [0.2, 0.25) is 0 Å². The molecular formula is C38H51N2Na3O15S4+4. The maximum atomic E-state index is 12.2. The average Bonchev–Trinajstić information content (AvgIpc) is 3.48. The van der Waals surface area contributed by atoms with Gasteiger partial charge in [-0.1, -0.05) is 18.2 Å². The molecule has 2 unspecified atom stereocenters. The number of aliphatic carboxylic acids is 1. The Balaban J connectivity index is 0.00000641. The fraction of sp³-hybridized carbons (Fsp3) is 0.474. The molecule has 2 aromatic carbocycles. The van der Waals surface area contributed by atoms with Crippen molar-refractivity contribution in [1.82, 2.24) is 0 Å². The van der Waals surface area contributed by atoms with E-state index in [4.69, 9.17) is 9.84 Å². The number of anilines is 1. The minimum atomic E-state index is -4.63. The maximum Gasteiger partial charge on any atom is 1.00 e. The van der Waals surface area contributed by atoms with Crippen molar-refractivity contribution < 1.29 is 160 Å². The zero-order valence-electron chi connectivity index (χ0n) is 35.9. The number of rotatable bonds is 22. The van der Waals surface area contributed by atoms with Crippen LogP contribution in [0.15, 0.2) is 82.3 Å². The maximum absolute atomic E-state index is 12.2. The smallest absolute Gasteiger partial charge is 0.481 e. The molecule has 0 spiro atoms. The molecule has 2 aromatic rings. The van der Waals surface area contributed by atoms with Crippen molar-refractivity contribution in [3.05, 3.63) is 83.6 Å². The van der Waals surface area contributed by atoms with Gasteiger partial charge in [0.1, 0.15) is 6.54 Å². The molecule has 4 rings (SSSR count). The van der Waals surface area contributed by atoms with Crippen LogP contribution in [-0.4, -0.2) is 112 Å². The third-order valence-electron chi connectivity index (χ3n) is 10.7. The molecule has 0 radical (unpaired) electrons. The van der Waals surface area contributed by atoms with Crippen molar-refractivity contribution >= 4 is 63.5 Å². The predicted molar refractivity (Wildman–Crippen MR) is 220 cm³/mol. The van der Waals surface area contributed by atoms with Gasteiger partial charge in [0.2, 0.25) is 5.69 Å². The van der Waals surface area contributed by atoms with E-state index in [0.29, 0.717) is 66.3 Å². The number of hydrogen-bond donors (Lipinski definition) is 5. The van der Waals surface area contributed by atoms with Crippen molar-refractivity contribution in [3.8, 4) is 0 Å². The number of carboxylic acid groups (broad SMARTS) is 1. The van der Waals surface area contributed by atoms with Crippen LogP contribution in [0.5, 0.6) is 0 Å². The van der Waals surface area contributed by atoms with Crippen LogP contribution >= 0.6 is 0 Å². The quantitative estimate of drug-likeness (QED) is 0.0247. The molecule has 0 saturated carbocycles. The van der Waals surface area contributed by atoms with Gasteiger partial charge in [-0.15, -0.1) is 0 Å². The van der Waals surface area contributed by atoms with Gasteiger partial charge in [0.25, 0.3) is 40.5 Å². The summed E-state index contributed by atoms with van der Waals surface area (Å²) in [5.41, 5.74) is 1.39. The number of carbonyl (C=O) groups is 1. The molecule has 0 saturated heterocycles. The summed E-state index contributed by atoms with van der Waals surface area (Å²) in [6, 6.07) is 8.27. The molecule has 2 aliphatic rings. The minimum absolute atomic E-state index is 0. The fourth-order valence-electron chi connectivity index (χ4n) is 7.87. The van der Waals surface area contributed by atoms with Crippen molar-refractivity contribution in [2.75, 3.05) is 43.2 Å². The van der Waals surface area contributed by atoms with Gasteiger partial charge in [0.15, 0.2) is 5.71 Å². The number of fused-ring (bicyclic) bond motifs is 2. The second-order valence-electron chi connectivity index (χ2n) is 14.9. The van der Waals surface area contributed by atoms with Gasteiger partial charge in [0, 0.05) is 61.0 Å². The first-order valence-corrected chi connectivity index (χ1v) is 24.7. The molecule has 0 aliphatic carbocycles. The van der Waals surface area contributed by atoms with Gasteiger partial charge in [-0.3, -0.25) is 23.0 Å². The predicted octanol–water partition coefficient (Wildman–Crippen LogP) is -4.05. The summed E-state index contributed by atoms with van der Waals surface area (Å²) in [5, 5.41) is 9.11. The Morgan fingerprint density at radius 2 is 1.27 bits per heavy atom. The first-order valence-electron chi connectivity index (χ1n) is 18.6. The van der Waals surface area contributed by atoms with Crippen molar-refractivity contribution in [2.24, 2.45) is 0 Å². The monoisotopic (exact) mass is 972 g/mol. The summed E-state index contributed by atoms with van der Waals surface area (Å²) >= 11 is 0. The van der Waals surface area contributed by atoms with E-state index in [-0.39, 0.29) is 137 Å². The second kappa shape index (κ2) is 24.3. The van der Waals surface area contributed by atoms with Crippen LogP contribution in [0.3, 0.4) is 0 Å². The molecule has 0 amide bonds. The van der Waals surface area contributed by atoms with Crippen molar-refractivity contribution in [1.29, 1.82) is 0 Å². The molecule has 0 fully saturated rings. The molecule has 2 aliphatic heterocycles. The van der Waals surface area contributed by atoms with E-state index < -0.39 is 68.8 Å². The summed E-state index contributed by atoms with van der Waals surface area (Å²) in [4.78, 5) is 12.3. The van der Waals surface area contributed by atoms with E-state index in [9.17, 15) is 56.7 Å². The first-order chi connectivity index (χ1) is 27.3. The van der Waals surface area contributed by atoms with Crippen LogP contribution in [0.4, 0.5) is 11.4 Å². The number of hydrogen-bond acceptors (Lipinski definition) is 11. The van der Waals surface area contributed by atoms with E-state index in [0.717, 1.165) is 0 Å². The second-order valence-corrected chi connectivity index (χ2v) is 20.9. The van der Waals surface area contributed by atoms with Gasteiger partial charge in [-0.2, -0.15) is 38.2 Å². The Morgan fingerprint density at radius 1 is 0.726 bits per heavy atom.